The number of ether oxygens (including phenoxy) is 2. The van der Waals surface area contributed by atoms with Gasteiger partial charge in [-0.25, -0.2) is 4.79 Å². The second-order valence-corrected chi connectivity index (χ2v) is 6.55. The Kier molecular flexibility index (Phi) is 4.22. The zero-order chi connectivity index (χ0) is 17.2. The summed E-state index contributed by atoms with van der Waals surface area (Å²) in [4.78, 5) is 14.7. The zero-order valence-corrected chi connectivity index (χ0v) is 14.3. The van der Waals surface area contributed by atoms with Crippen LogP contribution in [0.3, 0.4) is 0 Å². The van der Waals surface area contributed by atoms with Crippen molar-refractivity contribution in [1.82, 2.24) is 4.90 Å². The molecule has 130 valence electrons. The van der Waals surface area contributed by atoms with Crippen molar-refractivity contribution in [2.75, 3.05) is 25.1 Å². The Hall–Kier alpha value is -2.69. The number of carbonyl (C=O) groups excluding carboxylic acids is 1. The Labute approximate surface area is 147 Å². The Bertz CT molecular complexity index is 790. The second kappa shape index (κ2) is 6.67. The number of carbonyl (C=O) groups is 1. The lowest BCUT2D eigenvalue weighted by Crippen LogP contribution is -2.34. The number of nitrogens with zero attached hydrogens (tertiary/aromatic N) is 1. The molecule has 1 fully saturated rings. The fraction of sp³-hybridized carbons (Fsp3) is 0.350. The van der Waals surface area contributed by atoms with E-state index in [9.17, 15) is 4.79 Å². The maximum absolute atomic E-state index is 12.8. The molecule has 1 atom stereocenters. The van der Waals surface area contributed by atoms with Gasteiger partial charge in [-0.2, -0.15) is 0 Å². The van der Waals surface area contributed by atoms with Gasteiger partial charge in [-0.15, -0.1) is 0 Å². The molecular formula is C20H22N2O3. The van der Waals surface area contributed by atoms with Crippen molar-refractivity contribution in [2.45, 2.75) is 25.8 Å². The SMILES string of the molecule is Cc1cccc(NC(=O)N2CCC[C@@H]2c2ccc3c(c2)OCCO3)c1. The lowest BCUT2D eigenvalue weighted by molar-refractivity contribution is 0.170. The van der Waals surface area contributed by atoms with Crippen molar-refractivity contribution < 1.29 is 14.3 Å². The van der Waals surface area contributed by atoms with Gasteiger partial charge in [0.2, 0.25) is 0 Å². The van der Waals surface area contributed by atoms with E-state index >= 15 is 0 Å². The van der Waals surface area contributed by atoms with E-state index in [1.54, 1.807) is 0 Å². The average molecular weight is 338 g/mol. The van der Waals surface area contributed by atoms with Crippen LogP contribution in [-0.2, 0) is 0 Å². The lowest BCUT2D eigenvalue weighted by Gasteiger charge is -2.27. The minimum atomic E-state index is -0.0528. The van der Waals surface area contributed by atoms with E-state index in [1.165, 1.54) is 0 Å². The molecule has 0 aliphatic carbocycles. The third-order valence-electron chi connectivity index (χ3n) is 4.73. The number of fused-ring (bicyclic) bond motifs is 1. The molecule has 0 bridgehead atoms. The summed E-state index contributed by atoms with van der Waals surface area (Å²) in [5.41, 5.74) is 3.06. The lowest BCUT2D eigenvalue weighted by atomic mass is 10.0. The van der Waals surface area contributed by atoms with Gasteiger partial charge in [0.15, 0.2) is 11.5 Å². The van der Waals surface area contributed by atoms with Gasteiger partial charge in [0.25, 0.3) is 0 Å². The van der Waals surface area contributed by atoms with Crippen LogP contribution in [0.25, 0.3) is 0 Å². The van der Waals surface area contributed by atoms with E-state index in [4.69, 9.17) is 9.47 Å². The number of amides is 2. The average Bonchev–Trinajstić information content (AvgIpc) is 3.11. The summed E-state index contributed by atoms with van der Waals surface area (Å²) in [6.07, 6.45) is 1.96. The zero-order valence-electron chi connectivity index (χ0n) is 14.3. The van der Waals surface area contributed by atoms with Gasteiger partial charge in [0, 0.05) is 12.2 Å². The first-order chi connectivity index (χ1) is 12.2. The third kappa shape index (κ3) is 3.27. The first kappa shape index (κ1) is 15.8. The molecule has 0 aromatic heterocycles. The molecule has 2 aliphatic heterocycles. The van der Waals surface area contributed by atoms with Crippen molar-refractivity contribution in [3.63, 3.8) is 0 Å². The summed E-state index contributed by atoms with van der Waals surface area (Å²) in [5.74, 6) is 1.55. The molecule has 2 heterocycles. The first-order valence-corrected chi connectivity index (χ1v) is 8.74. The van der Waals surface area contributed by atoms with Crippen LogP contribution >= 0.6 is 0 Å². The van der Waals surface area contributed by atoms with Gasteiger partial charge in [-0.05, 0) is 55.2 Å². The predicted octanol–water partition coefficient (Wildman–Crippen LogP) is 4.14. The molecule has 0 spiro atoms. The number of nitrogens with one attached hydrogen (secondary N) is 1. The van der Waals surface area contributed by atoms with Gasteiger partial charge in [0.05, 0.1) is 6.04 Å². The predicted molar refractivity (Wildman–Crippen MR) is 96.3 cm³/mol. The standard InChI is InChI=1S/C20H22N2O3/c1-14-4-2-5-16(12-14)21-20(23)22-9-3-6-17(22)15-7-8-18-19(13-15)25-11-10-24-18/h2,4-5,7-8,12-13,17H,3,6,9-11H2,1H3,(H,21,23)/t17-/m1/s1. The normalized spacial score (nSPS) is 18.9. The van der Waals surface area contributed by atoms with Crippen LogP contribution in [0.15, 0.2) is 42.5 Å². The van der Waals surface area contributed by atoms with Crippen LogP contribution in [0.1, 0.15) is 30.0 Å². The minimum absolute atomic E-state index is 0.0528. The quantitative estimate of drug-likeness (QED) is 0.895. The summed E-state index contributed by atoms with van der Waals surface area (Å²) in [6, 6.07) is 13.9. The monoisotopic (exact) mass is 338 g/mol. The third-order valence-corrected chi connectivity index (χ3v) is 4.73. The highest BCUT2D eigenvalue weighted by Crippen LogP contribution is 2.38. The van der Waals surface area contributed by atoms with E-state index in [2.05, 4.69) is 5.32 Å². The van der Waals surface area contributed by atoms with Gasteiger partial charge in [-0.3, -0.25) is 0 Å². The van der Waals surface area contributed by atoms with Crippen LogP contribution in [0, 0.1) is 6.92 Å². The highest BCUT2D eigenvalue weighted by Gasteiger charge is 2.31. The maximum atomic E-state index is 12.8. The number of urea groups is 1. The highest BCUT2D eigenvalue weighted by molar-refractivity contribution is 5.90. The topological polar surface area (TPSA) is 50.8 Å². The number of hydrogen-bond acceptors (Lipinski definition) is 3. The number of likely N-dealkylation sites (tertiary alicyclic amines) is 1. The van der Waals surface area contributed by atoms with Crippen molar-refractivity contribution >= 4 is 11.7 Å². The number of aryl methyl sites for hydroxylation is 1. The summed E-state index contributed by atoms with van der Waals surface area (Å²) in [5, 5.41) is 3.02. The van der Waals surface area contributed by atoms with E-state index in [1.807, 2.05) is 54.3 Å². The number of benzene rings is 2. The van der Waals surface area contributed by atoms with Crippen LogP contribution in [0.4, 0.5) is 10.5 Å². The van der Waals surface area contributed by atoms with E-state index in [0.29, 0.717) is 13.2 Å². The number of rotatable bonds is 2. The molecule has 2 aliphatic rings. The summed E-state index contributed by atoms with van der Waals surface area (Å²) in [6.45, 7) is 3.93. The summed E-state index contributed by atoms with van der Waals surface area (Å²) >= 11 is 0. The second-order valence-electron chi connectivity index (χ2n) is 6.55. The molecule has 1 N–H and O–H groups in total. The fourth-order valence-electron chi connectivity index (χ4n) is 3.54. The largest absolute Gasteiger partial charge is 0.486 e. The van der Waals surface area contributed by atoms with Gasteiger partial charge in [-0.1, -0.05) is 18.2 Å². The molecular weight excluding hydrogens is 316 g/mol. The molecule has 25 heavy (non-hydrogen) atoms. The minimum Gasteiger partial charge on any atom is -0.486 e. The van der Waals surface area contributed by atoms with Crippen molar-refractivity contribution in [3.8, 4) is 11.5 Å². The molecule has 2 amide bonds. The molecule has 0 saturated carbocycles. The molecule has 0 radical (unpaired) electrons. The Morgan fingerprint density at radius 2 is 1.96 bits per heavy atom. The first-order valence-electron chi connectivity index (χ1n) is 8.74. The molecule has 4 rings (SSSR count). The van der Waals surface area contributed by atoms with Crippen LogP contribution in [0.5, 0.6) is 11.5 Å². The molecule has 0 unspecified atom stereocenters. The summed E-state index contributed by atoms with van der Waals surface area (Å²) in [7, 11) is 0. The highest BCUT2D eigenvalue weighted by atomic mass is 16.6. The molecule has 2 aromatic carbocycles. The van der Waals surface area contributed by atoms with Crippen molar-refractivity contribution in [3.05, 3.63) is 53.6 Å². The molecule has 2 aromatic rings. The van der Waals surface area contributed by atoms with Crippen LogP contribution in [-0.4, -0.2) is 30.7 Å². The maximum Gasteiger partial charge on any atom is 0.322 e. The van der Waals surface area contributed by atoms with Crippen LogP contribution in [0.2, 0.25) is 0 Å². The smallest absolute Gasteiger partial charge is 0.322 e. The fourth-order valence-corrected chi connectivity index (χ4v) is 3.54. The number of hydrogen-bond donors (Lipinski definition) is 1. The van der Waals surface area contributed by atoms with Crippen LogP contribution < -0.4 is 14.8 Å². The molecule has 5 heteroatoms. The van der Waals surface area contributed by atoms with Crippen molar-refractivity contribution in [1.29, 1.82) is 0 Å². The number of anilines is 1. The van der Waals surface area contributed by atoms with Gasteiger partial charge >= 0.3 is 6.03 Å². The Morgan fingerprint density at radius 1 is 1.12 bits per heavy atom. The van der Waals surface area contributed by atoms with Gasteiger partial charge in [0.1, 0.15) is 13.2 Å². The molecule has 5 nitrogen and oxygen atoms in total. The van der Waals surface area contributed by atoms with Gasteiger partial charge < -0.3 is 19.7 Å². The van der Waals surface area contributed by atoms with E-state index < -0.39 is 0 Å². The van der Waals surface area contributed by atoms with Crippen molar-refractivity contribution in [2.24, 2.45) is 0 Å². The summed E-state index contributed by atoms with van der Waals surface area (Å²) < 4.78 is 11.3. The molecule has 1 saturated heterocycles. The Balaban J connectivity index is 1.53. The Morgan fingerprint density at radius 3 is 2.80 bits per heavy atom. The van der Waals surface area contributed by atoms with E-state index in [-0.39, 0.29) is 12.1 Å². The van der Waals surface area contributed by atoms with E-state index in [0.717, 1.165) is 47.7 Å².